The van der Waals surface area contributed by atoms with Crippen LogP contribution in [0, 0.1) is 5.82 Å². The first-order valence-corrected chi connectivity index (χ1v) is 7.09. The van der Waals surface area contributed by atoms with Crippen LogP contribution in [0.4, 0.5) is 10.1 Å². The molecule has 0 aliphatic carbocycles. The number of nitrogens with two attached hydrogens (primary N) is 1. The lowest BCUT2D eigenvalue weighted by Gasteiger charge is -2.15. The molecule has 0 aromatic heterocycles. The van der Waals surface area contributed by atoms with Gasteiger partial charge in [-0.2, -0.15) is 0 Å². The van der Waals surface area contributed by atoms with E-state index in [4.69, 9.17) is 10.5 Å². The van der Waals surface area contributed by atoms with Crippen molar-refractivity contribution < 1.29 is 13.9 Å². The molecule has 1 aliphatic heterocycles. The Hall–Kier alpha value is -2.56. The molecule has 1 heterocycles. The number of nitrogen functional groups attached to an aromatic ring is 1. The number of hydrogen-bond donors (Lipinski definition) is 1. The van der Waals surface area contributed by atoms with Crippen LogP contribution in [0.2, 0.25) is 0 Å². The normalized spacial score (nSPS) is 13.4. The molecule has 0 fully saturated rings. The van der Waals surface area contributed by atoms with E-state index in [1.54, 1.807) is 36.3 Å². The fraction of sp³-hybridized carbons (Fsp3) is 0.235. The van der Waals surface area contributed by atoms with Gasteiger partial charge >= 0.3 is 0 Å². The predicted molar refractivity (Wildman–Crippen MR) is 82.3 cm³/mol. The first-order valence-electron chi connectivity index (χ1n) is 7.09. The number of hydrogen-bond acceptors (Lipinski definition) is 3. The molecule has 1 aliphatic rings. The molecule has 0 atom stereocenters. The van der Waals surface area contributed by atoms with E-state index >= 15 is 0 Å². The fourth-order valence-corrected chi connectivity index (χ4v) is 2.73. The molecular formula is C17H17FN2O2. The Balaban J connectivity index is 1.76. The van der Waals surface area contributed by atoms with Crippen molar-refractivity contribution in [3.05, 3.63) is 58.9 Å². The maximum Gasteiger partial charge on any atom is 0.258 e. The van der Waals surface area contributed by atoms with Crippen molar-refractivity contribution in [1.29, 1.82) is 0 Å². The number of nitrogens with zero attached hydrogens (tertiary/aromatic N) is 1. The zero-order valence-corrected chi connectivity index (χ0v) is 12.3. The number of anilines is 1. The fourth-order valence-electron chi connectivity index (χ4n) is 2.73. The molecular weight excluding hydrogens is 283 g/mol. The summed E-state index contributed by atoms with van der Waals surface area (Å²) in [6.07, 6.45) is 0.669. The summed E-state index contributed by atoms with van der Waals surface area (Å²) in [6, 6.07) is 9.80. The molecule has 4 nitrogen and oxygen atoms in total. The minimum absolute atomic E-state index is 0.0683. The lowest BCUT2D eigenvalue weighted by atomic mass is 10.1. The monoisotopic (exact) mass is 300 g/mol. The first-order chi connectivity index (χ1) is 10.6. The molecule has 114 valence electrons. The molecule has 0 unspecified atom stereocenters. The molecule has 0 saturated heterocycles. The third-order valence-electron chi connectivity index (χ3n) is 3.96. The molecule has 2 N–H and O–H groups in total. The summed E-state index contributed by atoms with van der Waals surface area (Å²) in [7, 11) is 1.54. The highest BCUT2D eigenvalue weighted by Gasteiger charge is 2.31. The number of fused-ring (bicyclic) bond motifs is 1. The van der Waals surface area contributed by atoms with Crippen LogP contribution in [-0.4, -0.2) is 24.5 Å². The number of halogens is 1. The minimum atomic E-state index is -0.258. The molecule has 2 aromatic carbocycles. The van der Waals surface area contributed by atoms with Crippen molar-refractivity contribution >= 4 is 11.6 Å². The van der Waals surface area contributed by atoms with Gasteiger partial charge in [0.1, 0.15) is 11.6 Å². The summed E-state index contributed by atoms with van der Waals surface area (Å²) in [5, 5.41) is 0. The number of carbonyl (C=O) groups excluding carboxylic acids is 1. The largest absolute Gasteiger partial charge is 0.496 e. The van der Waals surface area contributed by atoms with Crippen LogP contribution >= 0.6 is 0 Å². The van der Waals surface area contributed by atoms with Gasteiger partial charge in [0.05, 0.1) is 12.7 Å². The Bertz CT molecular complexity index is 713. The standard InChI is InChI=1S/C17H17FN2O2/c1-22-15-7-6-14(19)13-10-20(17(21)16(13)15)9-8-11-2-4-12(18)5-3-11/h2-7H,8-10,19H2,1H3. The average molecular weight is 300 g/mol. The van der Waals surface area contributed by atoms with Crippen molar-refractivity contribution in [2.45, 2.75) is 13.0 Å². The third-order valence-corrected chi connectivity index (χ3v) is 3.96. The van der Waals surface area contributed by atoms with Gasteiger partial charge in [0.25, 0.3) is 5.91 Å². The van der Waals surface area contributed by atoms with Gasteiger partial charge in [0, 0.05) is 24.3 Å². The highest BCUT2D eigenvalue weighted by molar-refractivity contribution is 6.02. The van der Waals surface area contributed by atoms with Crippen molar-refractivity contribution in [3.8, 4) is 5.75 Å². The Morgan fingerprint density at radius 3 is 2.64 bits per heavy atom. The van der Waals surface area contributed by atoms with Crippen LogP contribution < -0.4 is 10.5 Å². The number of rotatable bonds is 4. The maximum atomic E-state index is 12.9. The second-order valence-electron chi connectivity index (χ2n) is 5.31. The number of benzene rings is 2. The molecule has 5 heteroatoms. The number of amides is 1. The van der Waals surface area contributed by atoms with E-state index in [1.807, 2.05) is 0 Å². The topological polar surface area (TPSA) is 55.6 Å². The van der Waals surface area contributed by atoms with Gasteiger partial charge in [-0.1, -0.05) is 12.1 Å². The second kappa shape index (κ2) is 5.67. The quantitative estimate of drug-likeness (QED) is 0.883. The van der Waals surface area contributed by atoms with Crippen LogP contribution in [0.3, 0.4) is 0 Å². The van der Waals surface area contributed by atoms with Crippen molar-refractivity contribution in [2.24, 2.45) is 0 Å². The zero-order valence-electron chi connectivity index (χ0n) is 12.3. The summed E-state index contributed by atoms with van der Waals surface area (Å²) in [4.78, 5) is 14.3. The smallest absolute Gasteiger partial charge is 0.258 e. The SMILES string of the molecule is COc1ccc(N)c2c1C(=O)N(CCc1ccc(F)cc1)C2. The molecule has 0 saturated carbocycles. The van der Waals surface area contributed by atoms with Gasteiger partial charge in [0.2, 0.25) is 0 Å². The van der Waals surface area contributed by atoms with E-state index in [2.05, 4.69) is 0 Å². The summed E-state index contributed by atoms with van der Waals surface area (Å²) in [5.41, 5.74) is 8.94. The van der Waals surface area contributed by atoms with Crippen LogP contribution in [0.5, 0.6) is 5.75 Å². The summed E-state index contributed by atoms with van der Waals surface area (Å²) in [5.74, 6) is 0.227. The van der Waals surface area contributed by atoms with Crippen molar-refractivity contribution in [3.63, 3.8) is 0 Å². The van der Waals surface area contributed by atoms with Crippen molar-refractivity contribution in [1.82, 2.24) is 4.90 Å². The molecule has 0 spiro atoms. The van der Waals surface area contributed by atoms with E-state index in [0.717, 1.165) is 11.1 Å². The van der Waals surface area contributed by atoms with Gasteiger partial charge in [-0.15, -0.1) is 0 Å². The third kappa shape index (κ3) is 2.50. The molecule has 0 bridgehead atoms. The van der Waals surface area contributed by atoms with Crippen LogP contribution in [0.15, 0.2) is 36.4 Å². The van der Waals surface area contributed by atoms with E-state index in [-0.39, 0.29) is 11.7 Å². The van der Waals surface area contributed by atoms with E-state index in [1.165, 1.54) is 12.1 Å². The van der Waals surface area contributed by atoms with Crippen molar-refractivity contribution in [2.75, 3.05) is 19.4 Å². The molecule has 1 amide bonds. The molecule has 22 heavy (non-hydrogen) atoms. The lowest BCUT2D eigenvalue weighted by Crippen LogP contribution is -2.26. The Morgan fingerprint density at radius 1 is 1.23 bits per heavy atom. The van der Waals surface area contributed by atoms with E-state index < -0.39 is 0 Å². The highest BCUT2D eigenvalue weighted by Crippen LogP contribution is 2.34. The Labute approximate surface area is 128 Å². The van der Waals surface area contributed by atoms with Crippen LogP contribution in [0.25, 0.3) is 0 Å². The number of carbonyl (C=O) groups is 1. The van der Waals surface area contributed by atoms with Gasteiger partial charge in [-0.05, 0) is 36.2 Å². The van der Waals surface area contributed by atoms with Gasteiger partial charge in [0.15, 0.2) is 0 Å². The van der Waals surface area contributed by atoms with E-state index in [9.17, 15) is 9.18 Å². The molecule has 3 rings (SSSR count). The highest BCUT2D eigenvalue weighted by atomic mass is 19.1. The number of ether oxygens (including phenoxy) is 1. The Morgan fingerprint density at radius 2 is 1.95 bits per heavy atom. The summed E-state index contributed by atoms with van der Waals surface area (Å²) < 4.78 is 18.2. The average Bonchev–Trinajstić information content (AvgIpc) is 2.86. The minimum Gasteiger partial charge on any atom is -0.496 e. The lowest BCUT2D eigenvalue weighted by molar-refractivity contribution is 0.0778. The first kappa shape index (κ1) is 14.4. The number of methoxy groups -OCH3 is 1. The molecule has 2 aromatic rings. The van der Waals surface area contributed by atoms with Gasteiger partial charge in [-0.3, -0.25) is 4.79 Å². The molecule has 0 radical (unpaired) electrons. The second-order valence-corrected chi connectivity index (χ2v) is 5.31. The predicted octanol–water partition coefficient (Wildman–Crippen LogP) is 2.62. The van der Waals surface area contributed by atoms with E-state index in [0.29, 0.717) is 36.5 Å². The summed E-state index contributed by atoms with van der Waals surface area (Å²) >= 11 is 0. The van der Waals surface area contributed by atoms with Gasteiger partial charge in [-0.25, -0.2) is 4.39 Å². The van der Waals surface area contributed by atoms with Crippen LogP contribution in [0.1, 0.15) is 21.5 Å². The Kier molecular flexibility index (Phi) is 3.71. The van der Waals surface area contributed by atoms with Crippen LogP contribution in [-0.2, 0) is 13.0 Å². The maximum absolute atomic E-state index is 12.9. The van der Waals surface area contributed by atoms with Gasteiger partial charge < -0.3 is 15.4 Å². The zero-order chi connectivity index (χ0) is 15.7. The summed E-state index contributed by atoms with van der Waals surface area (Å²) in [6.45, 7) is 1.04.